The van der Waals surface area contributed by atoms with E-state index in [2.05, 4.69) is 446 Å². The number of furan rings is 3. The highest BCUT2D eigenvalue weighted by Gasteiger charge is 2.59. The third-order valence-electron chi connectivity index (χ3n) is 29.1. The van der Waals surface area contributed by atoms with Gasteiger partial charge in [0.15, 0.2) is 0 Å². The molecule has 0 saturated heterocycles. The maximum Gasteiger partial charge on any atom is 0.145 e. The van der Waals surface area contributed by atoms with Gasteiger partial charge in [-0.25, -0.2) is 9.97 Å². The van der Waals surface area contributed by atoms with E-state index < -0.39 is 16.2 Å². The summed E-state index contributed by atoms with van der Waals surface area (Å²) >= 11 is 0. The van der Waals surface area contributed by atoms with E-state index in [0.717, 1.165) is 106 Å². The second kappa shape index (κ2) is 28.8. The van der Waals surface area contributed by atoms with Crippen LogP contribution in [0.15, 0.2) is 474 Å². The maximum atomic E-state index is 7.00. The summed E-state index contributed by atoms with van der Waals surface area (Å²) in [6.07, 6.45) is 1.84. The Morgan fingerprint density at radius 3 is 1.16 bits per heavy atom. The minimum Gasteiger partial charge on any atom is -0.459 e. The van der Waals surface area contributed by atoms with Gasteiger partial charge in [0.25, 0.3) is 0 Å². The van der Waals surface area contributed by atoms with Crippen LogP contribution >= 0.6 is 0 Å². The molecule has 30 rings (SSSR count). The van der Waals surface area contributed by atoms with Crippen LogP contribution in [0.4, 0.5) is 0 Å². The molecule has 6 heterocycles. The van der Waals surface area contributed by atoms with Gasteiger partial charge in [-0.05, 0) is 212 Å². The van der Waals surface area contributed by atoms with Gasteiger partial charge in [-0.15, -0.1) is 0 Å². The number of benzene rings is 18. The van der Waals surface area contributed by atoms with E-state index in [-0.39, 0.29) is 0 Å². The van der Waals surface area contributed by atoms with Gasteiger partial charge in [0, 0.05) is 66.8 Å². The average molecular weight is 1690 g/mol. The molecular weight excluding hydrogens is 1620 g/mol. The Morgan fingerprint density at radius 1 is 0.203 bits per heavy atom. The Bertz CT molecular complexity index is 8870. The van der Waals surface area contributed by atoms with Gasteiger partial charge in [-0.2, -0.15) is 0 Å². The highest BCUT2D eigenvalue weighted by molar-refractivity contribution is 6.13. The normalized spacial score (nSPS) is 14.3. The molecule has 6 aromatic heterocycles. The Balaban J connectivity index is 0.000000100. The summed E-state index contributed by atoms with van der Waals surface area (Å²) < 4.78 is 23.0. The molecule has 6 aliphatic carbocycles. The summed E-state index contributed by atoms with van der Waals surface area (Å²) in [4.78, 5) is 14.9. The van der Waals surface area contributed by atoms with E-state index in [9.17, 15) is 0 Å². The molecule has 0 radical (unpaired) electrons. The number of pyridine rings is 2. The lowest BCUT2D eigenvalue weighted by molar-refractivity contribution is 0.506. The van der Waals surface area contributed by atoms with Crippen molar-refractivity contribution >= 4 is 54.8 Å². The molecule has 3 spiro atoms. The van der Waals surface area contributed by atoms with Crippen molar-refractivity contribution in [3.05, 3.63) is 529 Å². The summed E-state index contributed by atoms with van der Waals surface area (Å²) in [5, 5.41) is 4.62. The fourth-order valence-corrected chi connectivity index (χ4v) is 23.7. The topological polar surface area (TPSA) is 83.0 Å². The van der Waals surface area contributed by atoms with Crippen molar-refractivity contribution in [3.63, 3.8) is 0 Å². The predicted octanol–water partition coefficient (Wildman–Crippen LogP) is 31.6. The molecule has 1 atom stereocenters. The molecular formula is C126H76N4O3. The van der Waals surface area contributed by atoms with Crippen molar-refractivity contribution in [3.8, 4) is 140 Å². The van der Waals surface area contributed by atoms with Crippen LogP contribution < -0.4 is 0 Å². The van der Waals surface area contributed by atoms with Crippen molar-refractivity contribution in [1.82, 2.24) is 19.5 Å². The van der Waals surface area contributed by atoms with Crippen molar-refractivity contribution in [1.29, 1.82) is 0 Å². The summed E-state index contributed by atoms with van der Waals surface area (Å²) in [6.45, 7) is 0. The lowest BCUT2D eigenvalue weighted by Gasteiger charge is -2.28. The summed E-state index contributed by atoms with van der Waals surface area (Å²) in [7, 11) is 0. The third-order valence-corrected chi connectivity index (χ3v) is 29.1. The van der Waals surface area contributed by atoms with Gasteiger partial charge >= 0.3 is 0 Å². The second-order valence-corrected chi connectivity index (χ2v) is 35.6. The molecule has 7 heteroatoms. The largest absolute Gasteiger partial charge is 0.459 e. The number of aromatic nitrogens is 4. The standard InChI is InChI=1S/C46H28N2O.C42H25NO.C38H23NO/c1-2-12-29(13-3-1)30-22-25-32(26-23-30)48-41-20-10-9-19-40(41)47-45(48)31-24-27-39-36(28-31)33-14-4-7-17-37(33)46(39)38-18-8-5-15-34(38)43-35-16-6-11-21-42(35)49-44(43)46;1-2-13-26(14-3-1)37-25-32(29-17-6-10-23-36(29)43-37)30-19-12-22-35-39(30)40-31-18-7-11-24-38(31)44-41(40)42(35)33-20-8-4-15-27(33)28-16-5-9-21-34(28)42;1-4-12-31-27(9-1)28-10-2-5-13-32(28)38(31)33-21-20-26(24-16-18-25(19-17-24)34-14-7-8-22-39-34)23-30(33)36-29-11-3-6-15-35(29)40-37(36)38/h1-28H;1-25H;1-23H. The first-order valence-electron chi connectivity index (χ1n) is 45.7. The zero-order chi connectivity index (χ0) is 87.2. The van der Waals surface area contributed by atoms with Crippen molar-refractivity contribution in [2.24, 2.45) is 0 Å². The smallest absolute Gasteiger partial charge is 0.145 e. The van der Waals surface area contributed by atoms with Crippen molar-refractivity contribution in [2.45, 2.75) is 16.2 Å². The highest BCUT2D eigenvalue weighted by Crippen LogP contribution is 2.69. The number of fused-ring (bicyclic) bond motifs is 38. The van der Waals surface area contributed by atoms with Gasteiger partial charge in [0.2, 0.25) is 0 Å². The quantitative estimate of drug-likeness (QED) is 0.158. The zero-order valence-corrected chi connectivity index (χ0v) is 71.9. The molecule has 0 saturated carbocycles. The first-order chi connectivity index (χ1) is 66.0. The highest BCUT2D eigenvalue weighted by atomic mass is 16.3. The minimum absolute atomic E-state index is 0.474. The number of imidazole rings is 1. The summed E-state index contributed by atoms with van der Waals surface area (Å²) in [5.41, 5.74) is 44.2. The van der Waals surface area contributed by atoms with Gasteiger partial charge in [0.1, 0.15) is 56.1 Å². The monoisotopic (exact) mass is 1690 g/mol. The number of para-hydroxylation sites is 6. The zero-order valence-electron chi connectivity index (χ0n) is 71.9. The van der Waals surface area contributed by atoms with Gasteiger partial charge in [0.05, 0.1) is 27.9 Å². The lowest BCUT2D eigenvalue weighted by Crippen LogP contribution is -2.25. The fraction of sp³-hybridized carbons (Fsp3) is 0.0238. The third kappa shape index (κ3) is 10.5. The molecule has 1 unspecified atom stereocenters. The van der Waals surface area contributed by atoms with E-state index in [1.54, 1.807) is 0 Å². The van der Waals surface area contributed by atoms with Crippen LogP contribution in [-0.4, -0.2) is 19.5 Å². The predicted molar refractivity (Wildman–Crippen MR) is 538 cm³/mol. The minimum atomic E-state index is -0.544. The van der Waals surface area contributed by atoms with Crippen LogP contribution in [0, 0.1) is 0 Å². The Kier molecular flexibility index (Phi) is 16.2. The average Bonchev–Trinajstić information content (AvgIpc) is 1.49. The maximum absolute atomic E-state index is 7.00. The Labute approximate surface area is 766 Å². The van der Waals surface area contributed by atoms with E-state index in [1.807, 2.05) is 24.4 Å². The molecule has 6 aliphatic rings. The van der Waals surface area contributed by atoms with Crippen LogP contribution in [0.5, 0.6) is 0 Å². The molecule has 24 aromatic rings. The molecule has 133 heavy (non-hydrogen) atoms. The molecule has 0 amide bonds. The lowest BCUT2D eigenvalue weighted by atomic mass is 9.73. The second-order valence-electron chi connectivity index (χ2n) is 35.6. The molecule has 18 aromatic carbocycles. The molecule has 0 aliphatic heterocycles. The number of nitrogens with zero attached hydrogens (tertiary/aromatic N) is 4. The van der Waals surface area contributed by atoms with Crippen LogP contribution in [0.2, 0.25) is 0 Å². The first kappa shape index (κ1) is 74.7. The molecule has 0 N–H and O–H groups in total. The Hall–Kier alpha value is -17.4. The van der Waals surface area contributed by atoms with Crippen LogP contribution in [0.1, 0.15) is 67.4 Å². The van der Waals surface area contributed by atoms with Crippen molar-refractivity contribution in [2.75, 3.05) is 0 Å². The van der Waals surface area contributed by atoms with E-state index in [4.69, 9.17) is 23.2 Å². The molecule has 0 fully saturated rings. The van der Waals surface area contributed by atoms with Gasteiger partial charge < -0.3 is 13.3 Å². The molecule has 0 bridgehead atoms. The fourth-order valence-electron chi connectivity index (χ4n) is 23.7. The molecule has 618 valence electrons. The number of rotatable bonds is 7. The summed E-state index contributed by atoms with van der Waals surface area (Å²) in [5.74, 6) is 3.98. The number of hydrogen-bond donors (Lipinski definition) is 0. The Morgan fingerprint density at radius 2 is 0.579 bits per heavy atom. The van der Waals surface area contributed by atoms with E-state index in [1.165, 1.54) is 156 Å². The SMILES string of the molecule is c1ccc(-c2cc(-c3cccc4c3-c3c(oc5ccccc35)C43c4ccccc4-c4ccccc43)c3ccccc3n2)cc1.c1ccc(-c2ccc(-c3ccc4c(c3)-c3c(oc5ccccc35)C43c4ccccc4-c4ccccc43)cc2)nc1.c1ccc(-c2ccc(-n3c(-c4ccc5c(c4)-c4ccccc4C54c5ccccc5-c5c4oc4ccccc54)nc4ccccc43)cc2)cc1. The van der Waals surface area contributed by atoms with E-state index >= 15 is 0 Å². The molecule has 7 nitrogen and oxygen atoms in total. The van der Waals surface area contributed by atoms with Crippen LogP contribution in [0.25, 0.3) is 195 Å². The van der Waals surface area contributed by atoms with Gasteiger partial charge in [-0.1, -0.05) is 376 Å². The van der Waals surface area contributed by atoms with Gasteiger partial charge in [-0.3, -0.25) is 9.55 Å². The summed E-state index contributed by atoms with van der Waals surface area (Å²) in [6, 6.07) is 163. The number of hydrogen-bond acceptors (Lipinski definition) is 6. The van der Waals surface area contributed by atoms with Crippen molar-refractivity contribution < 1.29 is 13.3 Å². The van der Waals surface area contributed by atoms with E-state index in [0.29, 0.717) is 0 Å². The van der Waals surface area contributed by atoms with Crippen LogP contribution in [0.3, 0.4) is 0 Å². The first-order valence-corrected chi connectivity index (χ1v) is 45.7. The van der Waals surface area contributed by atoms with Crippen LogP contribution in [-0.2, 0) is 16.2 Å².